The van der Waals surface area contributed by atoms with Crippen LogP contribution in [-0.4, -0.2) is 38.8 Å². The number of hydrogen-bond acceptors (Lipinski definition) is 5. The Balaban J connectivity index is 2.22. The number of rotatable bonds is 6. The van der Waals surface area contributed by atoms with Gasteiger partial charge in [-0.1, -0.05) is 0 Å². The largest absolute Gasteiger partial charge is 0.396 e. The Morgan fingerprint density at radius 1 is 1.57 bits per heavy atom. The van der Waals surface area contributed by atoms with Crippen molar-refractivity contribution in [3.63, 3.8) is 0 Å². The van der Waals surface area contributed by atoms with Crippen molar-refractivity contribution < 1.29 is 14.8 Å². The maximum atomic E-state index is 12.1. The fourth-order valence-electron chi connectivity index (χ4n) is 2.05. The van der Waals surface area contributed by atoms with E-state index in [0.29, 0.717) is 23.7 Å². The van der Waals surface area contributed by atoms with Crippen LogP contribution in [0.3, 0.4) is 0 Å². The zero-order valence-corrected chi connectivity index (χ0v) is 11.5. The number of benzene rings is 1. The van der Waals surface area contributed by atoms with Gasteiger partial charge in [-0.05, 0) is 25.8 Å². The average Bonchev–Trinajstić information content (AvgIpc) is 2.87. The number of aliphatic hydroxyl groups excluding tert-OH is 1. The van der Waals surface area contributed by atoms with Crippen molar-refractivity contribution in [2.45, 2.75) is 25.8 Å². The first kappa shape index (κ1) is 14.9. The molecule has 2 rings (SSSR count). The van der Waals surface area contributed by atoms with Crippen LogP contribution >= 0.6 is 0 Å². The van der Waals surface area contributed by atoms with Gasteiger partial charge < -0.3 is 10.4 Å². The third kappa shape index (κ3) is 3.34. The van der Waals surface area contributed by atoms with Crippen molar-refractivity contribution in [3.8, 4) is 0 Å². The number of non-ortho nitro benzene ring substituents is 1. The van der Waals surface area contributed by atoms with Gasteiger partial charge in [0.05, 0.1) is 10.4 Å². The third-order valence-electron chi connectivity index (χ3n) is 3.15. The predicted octanol–water partition coefficient (Wildman–Crippen LogP) is 1.36. The van der Waals surface area contributed by atoms with E-state index < -0.39 is 10.8 Å². The number of nitro benzene ring substituents is 1. The summed E-state index contributed by atoms with van der Waals surface area (Å²) in [6.07, 6.45) is 1.24. The predicted molar refractivity (Wildman–Crippen MR) is 76.0 cm³/mol. The maximum absolute atomic E-state index is 12.1. The van der Waals surface area contributed by atoms with Crippen molar-refractivity contribution in [1.82, 2.24) is 15.5 Å². The lowest BCUT2D eigenvalue weighted by Gasteiger charge is -2.11. The van der Waals surface area contributed by atoms with Gasteiger partial charge in [0.1, 0.15) is 0 Å². The molecule has 0 aliphatic heterocycles. The van der Waals surface area contributed by atoms with E-state index in [0.717, 1.165) is 0 Å². The Labute approximate surface area is 120 Å². The molecule has 8 nitrogen and oxygen atoms in total. The van der Waals surface area contributed by atoms with Gasteiger partial charge in [-0.2, -0.15) is 5.10 Å². The summed E-state index contributed by atoms with van der Waals surface area (Å²) >= 11 is 0. The number of hydrogen-bond donors (Lipinski definition) is 3. The molecule has 8 heteroatoms. The van der Waals surface area contributed by atoms with Crippen LogP contribution in [0.15, 0.2) is 18.2 Å². The molecule has 0 bridgehead atoms. The smallest absolute Gasteiger partial charge is 0.272 e. The minimum absolute atomic E-state index is 0.0672. The van der Waals surface area contributed by atoms with Gasteiger partial charge in [-0.25, -0.2) is 0 Å². The number of carbonyl (C=O) groups excluding carboxylic acids is 1. The molecule has 112 valence electrons. The Bertz CT molecular complexity index is 667. The summed E-state index contributed by atoms with van der Waals surface area (Å²) in [5.74, 6) is -0.396. The van der Waals surface area contributed by atoms with E-state index in [2.05, 4.69) is 15.5 Å². The Hall–Kier alpha value is -2.48. The van der Waals surface area contributed by atoms with Gasteiger partial charge in [0.25, 0.3) is 11.6 Å². The molecule has 0 aliphatic rings. The summed E-state index contributed by atoms with van der Waals surface area (Å²) in [5, 5.41) is 29.3. The van der Waals surface area contributed by atoms with Gasteiger partial charge in [0.15, 0.2) is 5.69 Å². The first-order valence-electron chi connectivity index (χ1n) is 6.57. The number of nitrogens with zero attached hydrogens (tertiary/aromatic N) is 2. The summed E-state index contributed by atoms with van der Waals surface area (Å²) in [4.78, 5) is 22.4. The Morgan fingerprint density at radius 3 is 3.00 bits per heavy atom. The van der Waals surface area contributed by atoms with Crippen LogP contribution in [0.25, 0.3) is 10.9 Å². The second-order valence-electron chi connectivity index (χ2n) is 4.80. The lowest BCUT2D eigenvalue weighted by atomic mass is 10.1. The summed E-state index contributed by atoms with van der Waals surface area (Å²) in [6.45, 7) is 1.89. The molecule has 1 amide bonds. The molecule has 1 aromatic carbocycles. The highest BCUT2D eigenvalue weighted by atomic mass is 16.6. The molecule has 0 saturated carbocycles. The Kier molecular flexibility index (Phi) is 4.49. The molecule has 1 aromatic heterocycles. The molecule has 0 aliphatic carbocycles. The number of nitro groups is 1. The number of amides is 1. The van der Waals surface area contributed by atoms with Gasteiger partial charge in [0.2, 0.25) is 0 Å². The molecule has 0 spiro atoms. The highest BCUT2D eigenvalue weighted by Gasteiger charge is 2.18. The Morgan fingerprint density at radius 2 is 2.33 bits per heavy atom. The van der Waals surface area contributed by atoms with Gasteiger partial charge in [-0.15, -0.1) is 0 Å². The van der Waals surface area contributed by atoms with E-state index in [9.17, 15) is 14.9 Å². The summed E-state index contributed by atoms with van der Waals surface area (Å²) in [6, 6.07) is 4.08. The molecule has 2 aromatic rings. The molecule has 0 fully saturated rings. The summed E-state index contributed by atoms with van der Waals surface area (Å²) in [7, 11) is 0. The minimum Gasteiger partial charge on any atom is -0.396 e. The van der Waals surface area contributed by atoms with Crippen molar-refractivity contribution in [2.75, 3.05) is 6.61 Å². The highest BCUT2D eigenvalue weighted by Crippen LogP contribution is 2.22. The number of aromatic nitrogens is 2. The molecule has 1 unspecified atom stereocenters. The first-order chi connectivity index (χ1) is 10.0. The third-order valence-corrected chi connectivity index (χ3v) is 3.15. The normalized spacial score (nSPS) is 12.3. The molecule has 3 N–H and O–H groups in total. The lowest BCUT2D eigenvalue weighted by Crippen LogP contribution is -2.33. The van der Waals surface area contributed by atoms with Crippen LogP contribution in [0, 0.1) is 10.1 Å². The molecular weight excluding hydrogens is 276 g/mol. The quantitative estimate of drug-likeness (QED) is 0.548. The van der Waals surface area contributed by atoms with Crippen LogP contribution < -0.4 is 5.32 Å². The number of carbonyl (C=O) groups is 1. The molecular formula is C13H16N4O4. The van der Waals surface area contributed by atoms with E-state index in [1.54, 1.807) is 0 Å². The van der Waals surface area contributed by atoms with Crippen LogP contribution in [-0.2, 0) is 0 Å². The zero-order chi connectivity index (χ0) is 15.4. The number of fused-ring (bicyclic) bond motifs is 1. The van der Waals surface area contributed by atoms with Crippen LogP contribution in [0.5, 0.6) is 0 Å². The second kappa shape index (κ2) is 6.31. The molecule has 0 radical (unpaired) electrons. The van der Waals surface area contributed by atoms with Crippen molar-refractivity contribution in [2.24, 2.45) is 0 Å². The highest BCUT2D eigenvalue weighted by molar-refractivity contribution is 6.05. The molecule has 21 heavy (non-hydrogen) atoms. The van der Waals surface area contributed by atoms with Crippen LogP contribution in [0.4, 0.5) is 5.69 Å². The van der Waals surface area contributed by atoms with E-state index >= 15 is 0 Å². The average molecular weight is 292 g/mol. The van der Waals surface area contributed by atoms with Gasteiger partial charge >= 0.3 is 0 Å². The number of aromatic amines is 1. The van der Waals surface area contributed by atoms with Crippen molar-refractivity contribution in [1.29, 1.82) is 0 Å². The van der Waals surface area contributed by atoms with Crippen LogP contribution in [0.1, 0.15) is 30.3 Å². The standard InChI is InChI=1S/C13H16N4O4/c1-8(3-2-6-18)14-13(19)12-10-7-9(17(20)21)4-5-11(10)15-16-12/h4-5,7-8,18H,2-3,6H2,1H3,(H,14,19)(H,15,16). The van der Waals surface area contributed by atoms with Crippen molar-refractivity contribution >= 4 is 22.5 Å². The number of nitrogens with one attached hydrogen (secondary N) is 2. The maximum Gasteiger partial charge on any atom is 0.272 e. The fraction of sp³-hybridized carbons (Fsp3) is 0.385. The number of H-pyrrole nitrogens is 1. The van der Waals surface area contributed by atoms with E-state index in [4.69, 9.17) is 5.11 Å². The van der Waals surface area contributed by atoms with Crippen molar-refractivity contribution in [3.05, 3.63) is 34.0 Å². The second-order valence-corrected chi connectivity index (χ2v) is 4.80. The van der Waals surface area contributed by atoms with E-state index in [1.807, 2.05) is 6.92 Å². The zero-order valence-electron chi connectivity index (χ0n) is 11.5. The SMILES string of the molecule is CC(CCCO)NC(=O)c1n[nH]c2ccc([N+](=O)[O-])cc12. The fourth-order valence-corrected chi connectivity index (χ4v) is 2.05. The molecule has 0 saturated heterocycles. The number of aliphatic hydroxyl groups is 1. The van der Waals surface area contributed by atoms with E-state index in [1.165, 1.54) is 18.2 Å². The van der Waals surface area contributed by atoms with E-state index in [-0.39, 0.29) is 24.0 Å². The molecule has 1 atom stereocenters. The monoisotopic (exact) mass is 292 g/mol. The summed E-state index contributed by atoms with van der Waals surface area (Å²) < 4.78 is 0. The van der Waals surface area contributed by atoms with Gasteiger partial charge in [-0.3, -0.25) is 20.0 Å². The first-order valence-corrected chi connectivity index (χ1v) is 6.57. The van der Waals surface area contributed by atoms with Gasteiger partial charge in [0, 0.05) is 30.2 Å². The summed E-state index contributed by atoms with van der Waals surface area (Å²) in [5.41, 5.74) is 0.601. The lowest BCUT2D eigenvalue weighted by molar-refractivity contribution is -0.384. The topological polar surface area (TPSA) is 121 Å². The molecule has 1 heterocycles. The minimum atomic E-state index is -0.516. The van der Waals surface area contributed by atoms with Crippen LogP contribution in [0.2, 0.25) is 0 Å².